The molecule has 0 radical (unpaired) electrons. The molecule has 20 heavy (non-hydrogen) atoms. The van der Waals surface area contributed by atoms with Crippen molar-refractivity contribution in [2.75, 3.05) is 0 Å². The summed E-state index contributed by atoms with van der Waals surface area (Å²) in [5, 5.41) is 12.2. The monoisotopic (exact) mass is 270 g/mol. The van der Waals surface area contributed by atoms with Crippen molar-refractivity contribution >= 4 is 10.9 Å². The number of rotatable bonds is 4. The molecular formula is C15H14N2O3. The number of H-pyrrole nitrogens is 1. The fraction of sp³-hybridized carbons (Fsp3) is 0.200. The zero-order valence-corrected chi connectivity index (χ0v) is 10.9. The quantitative estimate of drug-likeness (QED) is 0.582. The van der Waals surface area contributed by atoms with Crippen molar-refractivity contribution in [3.63, 3.8) is 0 Å². The van der Waals surface area contributed by atoms with Gasteiger partial charge in [-0.3, -0.25) is 10.1 Å². The summed E-state index contributed by atoms with van der Waals surface area (Å²) >= 11 is 0. The van der Waals surface area contributed by atoms with Crippen LogP contribution in [0.3, 0.4) is 0 Å². The molecule has 0 aliphatic carbocycles. The number of nitro groups is 1. The third-order valence-electron chi connectivity index (χ3n) is 3.55. The van der Waals surface area contributed by atoms with Crippen LogP contribution in [-0.4, -0.2) is 15.9 Å². The van der Waals surface area contributed by atoms with E-state index in [1.807, 2.05) is 30.3 Å². The van der Waals surface area contributed by atoms with Gasteiger partial charge < -0.3 is 9.40 Å². The Morgan fingerprint density at radius 2 is 2.05 bits per heavy atom. The molecule has 5 heteroatoms. The normalized spacial score (nSPS) is 14.2. The molecule has 0 saturated heterocycles. The Hall–Kier alpha value is -2.56. The molecule has 0 spiro atoms. The van der Waals surface area contributed by atoms with Gasteiger partial charge in [-0.1, -0.05) is 18.2 Å². The van der Waals surface area contributed by atoms with Gasteiger partial charge in [0, 0.05) is 23.1 Å². The highest BCUT2D eigenvalue weighted by atomic mass is 16.6. The third kappa shape index (κ3) is 2.07. The molecule has 3 aromatic rings. The average Bonchev–Trinajstić information content (AvgIpc) is 3.07. The van der Waals surface area contributed by atoms with Gasteiger partial charge in [0.05, 0.1) is 6.26 Å². The lowest BCUT2D eigenvalue weighted by Gasteiger charge is -2.14. The van der Waals surface area contributed by atoms with Crippen molar-refractivity contribution in [1.82, 2.24) is 4.98 Å². The summed E-state index contributed by atoms with van der Waals surface area (Å²) in [7, 11) is 0. The van der Waals surface area contributed by atoms with E-state index in [0.717, 1.165) is 16.6 Å². The highest BCUT2D eigenvalue weighted by molar-refractivity contribution is 5.80. The molecule has 0 fully saturated rings. The molecule has 1 aromatic carbocycles. The van der Waals surface area contributed by atoms with Crippen molar-refractivity contribution in [1.29, 1.82) is 0 Å². The van der Waals surface area contributed by atoms with Crippen LogP contribution < -0.4 is 0 Å². The van der Waals surface area contributed by atoms with Gasteiger partial charge in [0.15, 0.2) is 0 Å². The van der Waals surface area contributed by atoms with Gasteiger partial charge in [-0.05, 0) is 29.7 Å². The van der Waals surface area contributed by atoms with Gasteiger partial charge in [-0.2, -0.15) is 0 Å². The van der Waals surface area contributed by atoms with Crippen LogP contribution in [0.4, 0.5) is 0 Å². The Kier molecular flexibility index (Phi) is 3.02. The number of benzene rings is 1. The number of nitrogens with one attached hydrogen (secondary N) is 1. The van der Waals surface area contributed by atoms with E-state index in [-0.39, 0.29) is 4.92 Å². The van der Waals surface area contributed by atoms with Crippen molar-refractivity contribution in [2.45, 2.75) is 18.9 Å². The predicted octanol–water partition coefficient (Wildman–Crippen LogP) is 3.56. The highest BCUT2D eigenvalue weighted by Gasteiger charge is 2.33. The van der Waals surface area contributed by atoms with Gasteiger partial charge in [-0.15, -0.1) is 0 Å². The standard InChI is InChI=1S/C15H14N2O3/c1-10(17(18)19)15(14-7-4-8-20-14)13-9-11-5-2-3-6-12(11)16-13/h2-10,15-16H,1H3. The van der Waals surface area contributed by atoms with E-state index < -0.39 is 12.0 Å². The summed E-state index contributed by atoms with van der Waals surface area (Å²) in [5.74, 6) is 0.174. The summed E-state index contributed by atoms with van der Waals surface area (Å²) in [6, 6.07) is 12.5. The van der Waals surface area contributed by atoms with Crippen LogP contribution in [0.25, 0.3) is 10.9 Å². The summed E-state index contributed by atoms with van der Waals surface area (Å²) in [6.07, 6.45) is 1.54. The molecule has 2 unspecified atom stereocenters. The van der Waals surface area contributed by atoms with Gasteiger partial charge in [-0.25, -0.2) is 0 Å². The Morgan fingerprint density at radius 1 is 1.25 bits per heavy atom. The fourth-order valence-electron chi connectivity index (χ4n) is 2.50. The lowest BCUT2D eigenvalue weighted by atomic mass is 9.95. The Labute approximate surface area is 115 Å². The van der Waals surface area contributed by atoms with Crippen LogP contribution >= 0.6 is 0 Å². The first kappa shape index (κ1) is 12.5. The van der Waals surface area contributed by atoms with Crippen LogP contribution in [-0.2, 0) is 0 Å². The maximum atomic E-state index is 11.2. The number of aromatic amines is 1. The first-order chi connectivity index (χ1) is 9.66. The second kappa shape index (κ2) is 4.85. The van der Waals surface area contributed by atoms with Gasteiger partial charge >= 0.3 is 0 Å². The first-order valence-corrected chi connectivity index (χ1v) is 6.41. The lowest BCUT2D eigenvalue weighted by molar-refractivity contribution is -0.521. The van der Waals surface area contributed by atoms with Crippen LogP contribution in [0.15, 0.2) is 53.1 Å². The second-order valence-electron chi connectivity index (χ2n) is 4.83. The van der Waals surface area contributed by atoms with Crippen LogP contribution in [0.5, 0.6) is 0 Å². The van der Waals surface area contributed by atoms with E-state index in [4.69, 9.17) is 4.42 Å². The van der Waals surface area contributed by atoms with Crippen molar-refractivity contribution in [2.24, 2.45) is 0 Å². The number of nitrogens with zero attached hydrogens (tertiary/aromatic N) is 1. The van der Waals surface area contributed by atoms with E-state index in [9.17, 15) is 10.1 Å². The maximum Gasteiger partial charge on any atom is 0.225 e. The molecule has 2 atom stereocenters. The molecule has 0 aliphatic rings. The van der Waals surface area contributed by atoms with E-state index >= 15 is 0 Å². The molecule has 2 aromatic heterocycles. The van der Waals surface area contributed by atoms with Crippen LogP contribution in [0.2, 0.25) is 0 Å². The number of aromatic nitrogens is 1. The third-order valence-corrected chi connectivity index (χ3v) is 3.55. The van der Waals surface area contributed by atoms with Crippen molar-refractivity contribution in [3.8, 4) is 0 Å². The smallest absolute Gasteiger partial charge is 0.225 e. The molecule has 1 N–H and O–H groups in total. The highest BCUT2D eigenvalue weighted by Crippen LogP contribution is 2.31. The zero-order chi connectivity index (χ0) is 14.1. The van der Waals surface area contributed by atoms with Gasteiger partial charge in [0.2, 0.25) is 6.04 Å². The predicted molar refractivity (Wildman–Crippen MR) is 75.3 cm³/mol. The molecular weight excluding hydrogens is 256 g/mol. The average molecular weight is 270 g/mol. The summed E-state index contributed by atoms with van der Waals surface area (Å²) in [6.45, 7) is 1.60. The molecule has 0 aliphatic heterocycles. The SMILES string of the molecule is CC(C(c1cc2ccccc2[nH]1)c1ccco1)[N+](=O)[O-]. The summed E-state index contributed by atoms with van der Waals surface area (Å²) in [5.41, 5.74) is 1.76. The van der Waals surface area contributed by atoms with Crippen molar-refractivity contribution < 1.29 is 9.34 Å². The number of para-hydroxylation sites is 1. The lowest BCUT2D eigenvalue weighted by Crippen LogP contribution is -2.25. The molecule has 0 bridgehead atoms. The Balaban J connectivity index is 2.11. The second-order valence-corrected chi connectivity index (χ2v) is 4.83. The van der Waals surface area contributed by atoms with Crippen molar-refractivity contribution in [3.05, 3.63) is 70.3 Å². The van der Waals surface area contributed by atoms with E-state index in [0.29, 0.717) is 5.76 Å². The minimum Gasteiger partial charge on any atom is -0.468 e. The molecule has 5 nitrogen and oxygen atoms in total. The largest absolute Gasteiger partial charge is 0.468 e. The molecule has 3 rings (SSSR count). The fourth-order valence-corrected chi connectivity index (χ4v) is 2.50. The first-order valence-electron chi connectivity index (χ1n) is 6.41. The number of hydrogen-bond acceptors (Lipinski definition) is 3. The summed E-state index contributed by atoms with van der Waals surface area (Å²) < 4.78 is 5.39. The molecule has 2 heterocycles. The van der Waals surface area contributed by atoms with Crippen LogP contribution in [0, 0.1) is 10.1 Å². The van der Waals surface area contributed by atoms with Gasteiger partial charge in [0.25, 0.3) is 0 Å². The number of hydrogen-bond donors (Lipinski definition) is 1. The minimum absolute atomic E-state index is 0.279. The zero-order valence-electron chi connectivity index (χ0n) is 10.9. The Bertz CT molecular complexity index is 698. The number of fused-ring (bicyclic) bond motifs is 1. The molecule has 0 saturated carbocycles. The van der Waals surface area contributed by atoms with Crippen LogP contribution in [0.1, 0.15) is 24.3 Å². The molecule has 0 amide bonds. The van der Waals surface area contributed by atoms with E-state index in [1.54, 1.807) is 19.1 Å². The van der Waals surface area contributed by atoms with E-state index in [2.05, 4.69) is 4.98 Å². The number of furan rings is 1. The maximum absolute atomic E-state index is 11.2. The van der Waals surface area contributed by atoms with E-state index in [1.165, 1.54) is 6.26 Å². The van der Waals surface area contributed by atoms with Gasteiger partial charge in [0.1, 0.15) is 11.7 Å². The Morgan fingerprint density at radius 3 is 2.70 bits per heavy atom. The topological polar surface area (TPSA) is 72.1 Å². The molecule has 102 valence electrons. The minimum atomic E-state index is -0.769. The summed E-state index contributed by atoms with van der Waals surface area (Å²) in [4.78, 5) is 14.2.